The predicted octanol–water partition coefficient (Wildman–Crippen LogP) is 5.69. The highest BCUT2D eigenvalue weighted by Crippen LogP contribution is 2.30. The molecule has 12 heteroatoms. The van der Waals surface area contributed by atoms with Gasteiger partial charge in [-0.3, -0.25) is 14.9 Å². The van der Waals surface area contributed by atoms with Crippen molar-refractivity contribution in [3.8, 4) is 17.6 Å². The Hall–Kier alpha value is -5.28. The predicted molar refractivity (Wildman–Crippen MR) is 180 cm³/mol. The summed E-state index contributed by atoms with van der Waals surface area (Å²) >= 11 is 0. The summed E-state index contributed by atoms with van der Waals surface area (Å²) in [5.74, 6) is 4.46. The zero-order valence-electron chi connectivity index (χ0n) is 27.2. The minimum atomic E-state index is -4.32. The van der Waals surface area contributed by atoms with Gasteiger partial charge in [0.25, 0.3) is 15.9 Å². The molecule has 48 heavy (non-hydrogen) atoms. The van der Waals surface area contributed by atoms with Gasteiger partial charge in [0.15, 0.2) is 6.10 Å². The number of esters is 1. The minimum Gasteiger partial charge on any atom is -0.496 e. The molecule has 0 spiro atoms. The van der Waals surface area contributed by atoms with Gasteiger partial charge in [0.05, 0.1) is 7.11 Å². The van der Waals surface area contributed by atoms with Crippen molar-refractivity contribution in [1.29, 1.82) is 0 Å². The number of aryl methyl sites for hydroxylation is 1. The molecule has 3 aromatic carbocycles. The van der Waals surface area contributed by atoms with Crippen LogP contribution in [0.15, 0.2) is 71.8 Å². The Bertz CT molecular complexity index is 2030. The Kier molecular flexibility index (Phi) is 10.4. The molecule has 0 saturated heterocycles. The van der Waals surface area contributed by atoms with E-state index in [0.717, 1.165) is 47.7 Å². The van der Waals surface area contributed by atoms with E-state index in [1.807, 2.05) is 36.0 Å². The van der Waals surface area contributed by atoms with Crippen molar-refractivity contribution in [3.63, 3.8) is 0 Å². The molecule has 5 rings (SSSR count). The monoisotopic (exact) mass is 671 g/mol. The third kappa shape index (κ3) is 8.16. The number of anilines is 1. The number of ether oxygens (including phenoxy) is 3. The molecule has 1 aliphatic carbocycles. The van der Waals surface area contributed by atoms with E-state index in [1.165, 1.54) is 44.4 Å². The minimum absolute atomic E-state index is 0.0439. The summed E-state index contributed by atoms with van der Waals surface area (Å²) in [6.45, 7) is 2.82. The van der Waals surface area contributed by atoms with E-state index in [1.54, 1.807) is 19.1 Å². The number of hydrogen-bond donors (Lipinski definition) is 2. The highest BCUT2D eigenvalue weighted by molar-refractivity contribution is 7.90. The van der Waals surface area contributed by atoms with Gasteiger partial charge in [-0.1, -0.05) is 30.0 Å². The number of rotatable bonds is 9. The number of carbonyl (C=O) groups excluding carboxylic acids is 3. The molecule has 4 aromatic rings. The van der Waals surface area contributed by atoms with Crippen molar-refractivity contribution in [2.45, 2.75) is 63.1 Å². The van der Waals surface area contributed by atoms with Crippen LogP contribution in [0.2, 0.25) is 0 Å². The molecular weight excluding hydrogens is 634 g/mol. The summed E-state index contributed by atoms with van der Waals surface area (Å²) in [5.41, 5.74) is 3.53. The molecule has 1 heterocycles. The first-order valence-electron chi connectivity index (χ1n) is 15.5. The van der Waals surface area contributed by atoms with Gasteiger partial charge < -0.3 is 18.8 Å². The molecule has 2 amide bonds. The average molecular weight is 672 g/mol. The lowest BCUT2D eigenvalue weighted by atomic mass is 10.0. The molecule has 1 aliphatic rings. The number of fused-ring (bicyclic) bond motifs is 1. The standard InChI is InChI=1S/C36H37N3O8S/c1-23(46-24(2)40)13-14-25-9-5-8-12-34(25)48(43,44)38-35(41)27-16-15-26(33(20-27)45-4)19-28-22-39(3)32-18-17-29(21-31(28)32)37-36(42)47-30-10-6-7-11-30/h5,8-9,12,15-18,20-23,30H,6-7,10-11,19H2,1-4H3,(H,37,42)(H,38,41). The first-order valence-corrected chi connectivity index (χ1v) is 17.0. The molecule has 2 N–H and O–H groups in total. The summed E-state index contributed by atoms with van der Waals surface area (Å²) in [6.07, 6.45) is 5.06. The molecule has 1 saturated carbocycles. The fourth-order valence-electron chi connectivity index (χ4n) is 5.73. The molecule has 1 fully saturated rings. The summed E-state index contributed by atoms with van der Waals surface area (Å²) in [5, 5.41) is 3.77. The fraction of sp³-hybridized carbons (Fsp3) is 0.306. The third-order valence-corrected chi connectivity index (χ3v) is 9.37. The molecule has 250 valence electrons. The summed E-state index contributed by atoms with van der Waals surface area (Å²) < 4.78 is 46.8. The summed E-state index contributed by atoms with van der Waals surface area (Å²) in [7, 11) is -0.912. The highest BCUT2D eigenvalue weighted by atomic mass is 32.2. The van der Waals surface area contributed by atoms with Crippen molar-refractivity contribution in [2.24, 2.45) is 7.05 Å². The number of benzene rings is 3. The number of amides is 2. The summed E-state index contributed by atoms with van der Waals surface area (Å²) in [4.78, 5) is 36.7. The third-order valence-electron chi connectivity index (χ3n) is 7.98. The number of sulfonamides is 1. The van der Waals surface area contributed by atoms with Crippen molar-refractivity contribution in [2.75, 3.05) is 12.4 Å². The second-order valence-electron chi connectivity index (χ2n) is 11.6. The van der Waals surface area contributed by atoms with Crippen LogP contribution < -0.4 is 14.8 Å². The van der Waals surface area contributed by atoms with Crippen LogP contribution in [0, 0.1) is 11.8 Å². The van der Waals surface area contributed by atoms with E-state index in [0.29, 0.717) is 17.9 Å². The van der Waals surface area contributed by atoms with Crippen LogP contribution in [0.25, 0.3) is 10.9 Å². The SMILES string of the molecule is COc1cc(C(=O)NS(=O)(=O)c2ccccc2C#CC(C)OC(C)=O)ccc1Cc1cn(C)c2ccc(NC(=O)OC3CCCC3)cc12. The Morgan fingerprint density at radius 3 is 2.50 bits per heavy atom. The lowest BCUT2D eigenvalue weighted by Gasteiger charge is -2.13. The first kappa shape index (κ1) is 34.1. The molecule has 0 aliphatic heterocycles. The van der Waals surface area contributed by atoms with Crippen LogP contribution in [0.4, 0.5) is 10.5 Å². The van der Waals surface area contributed by atoms with Crippen LogP contribution in [0.1, 0.15) is 66.6 Å². The lowest BCUT2D eigenvalue weighted by Crippen LogP contribution is -2.31. The normalized spacial score (nSPS) is 13.7. The maximum absolute atomic E-state index is 13.3. The van der Waals surface area contributed by atoms with Crippen molar-refractivity contribution < 1.29 is 37.0 Å². The van der Waals surface area contributed by atoms with Gasteiger partial charge in [0.2, 0.25) is 0 Å². The maximum atomic E-state index is 13.3. The molecule has 1 aromatic heterocycles. The largest absolute Gasteiger partial charge is 0.496 e. The lowest BCUT2D eigenvalue weighted by molar-refractivity contribution is -0.143. The first-order chi connectivity index (χ1) is 22.9. The molecular formula is C36H37N3O8S. The van der Waals surface area contributed by atoms with Crippen LogP contribution in [0.5, 0.6) is 5.75 Å². The van der Waals surface area contributed by atoms with E-state index in [9.17, 15) is 22.8 Å². The van der Waals surface area contributed by atoms with Crippen LogP contribution in [-0.4, -0.2) is 50.3 Å². The van der Waals surface area contributed by atoms with Crippen LogP contribution in [-0.2, 0) is 37.8 Å². The smallest absolute Gasteiger partial charge is 0.411 e. The summed E-state index contributed by atoms with van der Waals surface area (Å²) in [6, 6.07) is 16.4. The van der Waals surface area contributed by atoms with E-state index in [2.05, 4.69) is 21.9 Å². The van der Waals surface area contributed by atoms with E-state index in [-0.39, 0.29) is 22.1 Å². The van der Waals surface area contributed by atoms with Gasteiger partial charge in [-0.15, -0.1) is 0 Å². The van der Waals surface area contributed by atoms with Gasteiger partial charge in [-0.25, -0.2) is 17.9 Å². The topological polar surface area (TPSA) is 142 Å². The fourth-order valence-corrected chi connectivity index (χ4v) is 6.87. The Morgan fingerprint density at radius 2 is 1.77 bits per heavy atom. The van der Waals surface area contributed by atoms with Crippen molar-refractivity contribution >= 4 is 44.6 Å². The Morgan fingerprint density at radius 1 is 1.02 bits per heavy atom. The van der Waals surface area contributed by atoms with E-state index in [4.69, 9.17) is 14.2 Å². The number of nitrogens with zero attached hydrogens (tertiary/aromatic N) is 1. The quantitative estimate of drug-likeness (QED) is 0.171. The zero-order chi connectivity index (χ0) is 34.4. The van der Waals surface area contributed by atoms with Gasteiger partial charge >= 0.3 is 12.1 Å². The molecule has 0 radical (unpaired) electrons. The Balaban J connectivity index is 1.33. The number of nitrogens with one attached hydrogen (secondary N) is 2. The number of aromatic nitrogens is 1. The average Bonchev–Trinajstić information content (AvgIpc) is 3.66. The second kappa shape index (κ2) is 14.6. The number of methoxy groups -OCH3 is 1. The Labute approximate surface area is 279 Å². The maximum Gasteiger partial charge on any atom is 0.411 e. The van der Waals surface area contributed by atoms with E-state index < -0.39 is 34.1 Å². The number of carbonyl (C=O) groups is 3. The van der Waals surface area contributed by atoms with Gasteiger partial charge in [0.1, 0.15) is 16.7 Å². The van der Waals surface area contributed by atoms with Crippen LogP contribution >= 0.6 is 0 Å². The van der Waals surface area contributed by atoms with Gasteiger partial charge in [0, 0.05) is 54.3 Å². The molecule has 1 unspecified atom stereocenters. The molecule has 0 bridgehead atoms. The second-order valence-corrected chi connectivity index (χ2v) is 13.2. The van der Waals surface area contributed by atoms with E-state index >= 15 is 0 Å². The van der Waals surface area contributed by atoms with Gasteiger partial charge in [-0.05, 0) is 86.2 Å². The van der Waals surface area contributed by atoms with Crippen LogP contribution in [0.3, 0.4) is 0 Å². The van der Waals surface area contributed by atoms with Gasteiger partial charge in [-0.2, -0.15) is 0 Å². The highest BCUT2D eigenvalue weighted by Gasteiger charge is 2.23. The van der Waals surface area contributed by atoms with Crippen molar-refractivity contribution in [1.82, 2.24) is 9.29 Å². The zero-order valence-corrected chi connectivity index (χ0v) is 28.0. The molecule has 1 atom stereocenters. The number of hydrogen-bond acceptors (Lipinski definition) is 8. The molecule has 11 nitrogen and oxygen atoms in total. The van der Waals surface area contributed by atoms with Crippen molar-refractivity contribution in [3.05, 3.63) is 89.1 Å².